The number of benzene rings is 2. The summed E-state index contributed by atoms with van der Waals surface area (Å²) in [6, 6.07) is 12.1. The molecular weight excluding hydrogens is 428 g/mol. The number of hydrogen-bond donors (Lipinski definition) is 1. The van der Waals surface area contributed by atoms with Gasteiger partial charge in [-0.25, -0.2) is 9.59 Å². The first-order valence-electron chi connectivity index (χ1n) is 8.71. The normalized spacial score (nSPS) is 11.9. The number of carboxylic acid groups (broad SMARTS) is 1. The number of fused-ring (bicyclic) bond motifs is 1. The SMILES string of the molecule is Cn1c(=O)n(C)c2cc(/C=C(\Sc3nnc(-c4ccc(Cl)cc4)o3)C(=O)O)ccc21. The summed E-state index contributed by atoms with van der Waals surface area (Å²) in [5.41, 5.74) is 2.61. The predicted molar refractivity (Wildman–Crippen MR) is 114 cm³/mol. The van der Waals surface area contributed by atoms with Crippen molar-refractivity contribution in [3.8, 4) is 11.5 Å². The number of hydrogen-bond acceptors (Lipinski definition) is 6. The van der Waals surface area contributed by atoms with Crippen LogP contribution in [-0.4, -0.2) is 30.4 Å². The standard InChI is InChI=1S/C20H15ClN4O4S/c1-24-14-8-3-11(9-15(14)25(2)20(24)28)10-16(18(26)27)30-19-23-22-17(29-19)12-4-6-13(21)7-5-12/h3-10H,1-2H3,(H,26,27)/b16-10-. The van der Waals surface area contributed by atoms with Crippen LogP contribution in [0.3, 0.4) is 0 Å². The van der Waals surface area contributed by atoms with Gasteiger partial charge in [0.15, 0.2) is 0 Å². The first kappa shape index (κ1) is 20.0. The minimum absolute atomic E-state index is 0.00147. The Bertz CT molecular complexity index is 1350. The summed E-state index contributed by atoms with van der Waals surface area (Å²) in [5.74, 6) is -0.868. The second-order valence-electron chi connectivity index (χ2n) is 6.44. The van der Waals surface area contributed by atoms with Crippen molar-refractivity contribution in [3.63, 3.8) is 0 Å². The fourth-order valence-corrected chi connectivity index (χ4v) is 3.75. The highest BCUT2D eigenvalue weighted by Crippen LogP contribution is 2.30. The van der Waals surface area contributed by atoms with Crippen LogP contribution in [0.5, 0.6) is 0 Å². The van der Waals surface area contributed by atoms with Gasteiger partial charge < -0.3 is 9.52 Å². The highest BCUT2D eigenvalue weighted by Gasteiger charge is 2.16. The molecule has 0 saturated heterocycles. The molecule has 152 valence electrons. The van der Waals surface area contributed by atoms with Gasteiger partial charge in [-0.2, -0.15) is 0 Å². The average molecular weight is 443 g/mol. The van der Waals surface area contributed by atoms with Gasteiger partial charge in [-0.1, -0.05) is 17.7 Å². The molecule has 4 aromatic rings. The fourth-order valence-electron chi connectivity index (χ4n) is 2.95. The lowest BCUT2D eigenvalue weighted by atomic mass is 10.2. The van der Waals surface area contributed by atoms with Crippen LogP contribution < -0.4 is 5.69 Å². The number of carbonyl (C=O) groups is 1. The summed E-state index contributed by atoms with van der Waals surface area (Å²) in [7, 11) is 3.36. The number of aryl methyl sites for hydroxylation is 2. The number of halogens is 1. The van der Waals surface area contributed by atoms with Crippen LogP contribution in [0.2, 0.25) is 5.02 Å². The third-order valence-corrected chi connectivity index (χ3v) is 5.60. The first-order valence-corrected chi connectivity index (χ1v) is 9.90. The van der Waals surface area contributed by atoms with Gasteiger partial charge in [-0.05, 0) is 59.8 Å². The summed E-state index contributed by atoms with van der Waals surface area (Å²) in [6.07, 6.45) is 1.50. The monoisotopic (exact) mass is 442 g/mol. The van der Waals surface area contributed by atoms with E-state index < -0.39 is 5.97 Å². The molecule has 10 heteroatoms. The second-order valence-corrected chi connectivity index (χ2v) is 7.87. The molecule has 0 radical (unpaired) electrons. The van der Waals surface area contributed by atoms with Crippen molar-refractivity contribution in [3.05, 3.63) is 68.4 Å². The number of carboxylic acids is 1. The van der Waals surface area contributed by atoms with E-state index in [9.17, 15) is 14.7 Å². The number of aliphatic carboxylic acids is 1. The molecule has 4 rings (SSSR count). The summed E-state index contributed by atoms with van der Waals surface area (Å²) >= 11 is 6.73. The summed E-state index contributed by atoms with van der Waals surface area (Å²) < 4.78 is 8.63. The van der Waals surface area contributed by atoms with Crippen LogP contribution in [0.1, 0.15) is 5.56 Å². The molecule has 0 saturated carbocycles. The zero-order valence-corrected chi connectivity index (χ0v) is 17.4. The van der Waals surface area contributed by atoms with E-state index in [1.165, 1.54) is 15.2 Å². The van der Waals surface area contributed by atoms with Crippen LogP contribution in [0.15, 0.2) is 61.8 Å². The quantitative estimate of drug-likeness (QED) is 0.370. The van der Waals surface area contributed by atoms with Gasteiger partial charge in [0.25, 0.3) is 5.22 Å². The Kier molecular flexibility index (Phi) is 5.23. The molecule has 2 aromatic carbocycles. The van der Waals surface area contributed by atoms with Crippen LogP contribution in [0.25, 0.3) is 28.6 Å². The topological polar surface area (TPSA) is 103 Å². The Morgan fingerprint density at radius 2 is 1.80 bits per heavy atom. The van der Waals surface area contributed by atoms with Gasteiger partial charge in [0, 0.05) is 24.7 Å². The van der Waals surface area contributed by atoms with Crippen molar-refractivity contribution in [2.75, 3.05) is 0 Å². The summed E-state index contributed by atoms with van der Waals surface area (Å²) in [6.45, 7) is 0. The van der Waals surface area contributed by atoms with Gasteiger partial charge in [-0.3, -0.25) is 9.13 Å². The molecular formula is C20H15ClN4O4S. The largest absolute Gasteiger partial charge is 0.477 e. The third-order valence-electron chi connectivity index (χ3n) is 4.50. The van der Waals surface area contributed by atoms with Gasteiger partial charge in [0.1, 0.15) is 4.91 Å². The van der Waals surface area contributed by atoms with Gasteiger partial charge >= 0.3 is 11.7 Å². The lowest BCUT2D eigenvalue weighted by Gasteiger charge is -2.01. The van der Waals surface area contributed by atoms with Gasteiger partial charge in [-0.15, -0.1) is 10.2 Å². The van der Waals surface area contributed by atoms with Crippen molar-refractivity contribution in [2.45, 2.75) is 5.22 Å². The molecule has 0 atom stereocenters. The molecule has 2 aromatic heterocycles. The predicted octanol–water partition coefficient (Wildman–Crippen LogP) is 3.80. The first-order chi connectivity index (χ1) is 14.3. The summed E-state index contributed by atoms with van der Waals surface area (Å²) in [5, 5.41) is 18.2. The molecule has 30 heavy (non-hydrogen) atoms. The van der Waals surface area contributed by atoms with E-state index in [-0.39, 0.29) is 21.7 Å². The Morgan fingerprint density at radius 3 is 2.50 bits per heavy atom. The van der Waals surface area contributed by atoms with E-state index in [1.54, 1.807) is 56.6 Å². The minimum Gasteiger partial charge on any atom is -0.477 e. The van der Waals surface area contributed by atoms with Crippen molar-refractivity contribution < 1.29 is 14.3 Å². The van der Waals surface area contributed by atoms with E-state index in [2.05, 4.69) is 10.2 Å². The molecule has 8 nitrogen and oxygen atoms in total. The fraction of sp³-hybridized carbons (Fsp3) is 0.100. The van der Waals surface area contributed by atoms with Crippen LogP contribution in [0.4, 0.5) is 0 Å². The molecule has 0 spiro atoms. The van der Waals surface area contributed by atoms with Gasteiger partial charge in [0.2, 0.25) is 5.89 Å². The van der Waals surface area contributed by atoms with Crippen LogP contribution in [0, 0.1) is 0 Å². The Morgan fingerprint density at radius 1 is 1.10 bits per heavy atom. The Hall–Kier alpha value is -3.30. The highest BCUT2D eigenvalue weighted by atomic mass is 35.5. The summed E-state index contributed by atoms with van der Waals surface area (Å²) in [4.78, 5) is 23.8. The van der Waals surface area contributed by atoms with E-state index in [0.717, 1.165) is 17.3 Å². The lowest BCUT2D eigenvalue weighted by molar-refractivity contribution is -0.131. The minimum atomic E-state index is -1.13. The van der Waals surface area contributed by atoms with Crippen LogP contribution >= 0.6 is 23.4 Å². The number of thioether (sulfide) groups is 1. The smallest absolute Gasteiger partial charge is 0.342 e. The number of aromatic nitrogens is 4. The van der Waals surface area contributed by atoms with Crippen molar-refractivity contribution in [2.24, 2.45) is 14.1 Å². The average Bonchev–Trinajstić information content (AvgIpc) is 3.27. The Labute approximate surface area is 179 Å². The van der Waals surface area contributed by atoms with Crippen molar-refractivity contribution in [1.29, 1.82) is 0 Å². The van der Waals surface area contributed by atoms with Gasteiger partial charge in [0.05, 0.1) is 11.0 Å². The molecule has 0 fully saturated rings. The molecule has 0 aliphatic rings. The van der Waals surface area contributed by atoms with Crippen LogP contribution in [-0.2, 0) is 18.9 Å². The molecule has 0 aliphatic carbocycles. The zero-order valence-electron chi connectivity index (χ0n) is 15.9. The maximum Gasteiger partial charge on any atom is 0.342 e. The maximum atomic E-state index is 12.1. The second kappa shape index (κ2) is 7.85. The third kappa shape index (κ3) is 3.77. The molecule has 0 amide bonds. The molecule has 0 unspecified atom stereocenters. The number of rotatable bonds is 5. The maximum absolute atomic E-state index is 12.1. The molecule has 0 bridgehead atoms. The van der Waals surface area contributed by atoms with E-state index in [0.29, 0.717) is 21.7 Å². The highest BCUT2D eigenvalue weighted by molar-refractivity contribution is 8.03. The van der Waals surface area contributed by atoms with E-state index in [4.69, 9.17) is 16.0 Å². The van der Waals surface area contributed by atoms with E-state index >= 15 is 0 Å². The zero-order chi connectivity index (χ0) is 21.4. The van der Waals surface area contributed by atoms with Crippen molar-refractivity contribution in [1.82, 2.24) is 19.3 Å². The molecule has 1 N–H and O–H groups in total. The van der Waals surface area contributed by atoms with Crippen molar-refractivity contribution >= 4 is 46.4 Å². The van der Waals surface area contributed by atoms with E-state index in [1.807, 2.05) is 0 Å². The number of nitrogens with zero attached hydrogens (tertiary/aromatic N) is 4. The lowest BCUT2D eigenvalue weighted by Crippen LogP contribution is -2.19. The number of imidazole rings is 1. The molecule has 0 aliphatic heterocycles. The Balaban J connectivity index is 1.65. The molecule has 2 heterocycles.